The topological polar surface area (TPSA) is 15.3 Å². The second kappa shape index (κ2) is 6.19. The highest BCUT2D eigenvalue weighted by atomic mass is 15.2. The Kier molecular flexibility index (Phi) is 5.46. The fraction of sp³-hybridized carbons (Fsp3) is 1.00. The lowest BCUT2D eigenvalue weighted by atomic mass is 10.00. The summed E-state index contributed by atoms with van der Waals surface area (Å²) in [5, 5.41) is 3.67. The highest BCUT2D eigenvalue weighted by Crippen LogP contribution is 2.30. The molecule has 0 spiro atoms. The maximum atomic E-state index is 3.67. The number of nitrogens with one attached hydrogen (secondary N) is 1. The van der Waals surface area contributed by atoms with E-state index in [2.05, 4.69) is 51.8 Å². The van der Waals surface area contributed by atoms with Crippen LogP contribution in [-0.4, -0.2) is 36.1 Å². The normalized spacial score (nSPS) is 19.1. The first-order chi connectivity index (χ1) is 7.83. The average molecular weight is 240 g/mol. The summed E-state index contributed by atoms with van der Waals surface area (Å²) in [6.45, 7) is 17.4. The smallest absolute Gasteiger partial charge is 0.0243 e. The van der Waals surface area contributed by atoms with Crippen molar-refractivity contribution in [2.75, 3.05) is 19.6 Å². The Hall–Kier alpha value is -0.0800. The van der Waals surface area contributed by atoms with E-state index in [-0.39, 0.29) is 5.54 Å². The van der Waals surface area contributed by atoms with Gasteiger partial charge in [0.25, 0.3) is 0 Å². The van der Waals surface area contributed by atoms with Crippen molar-refractivity contribution in [1.29, 1.82) is 0 Å². The van der Waals surface area contributed by atoms with Crippen molar-refractivity contribution < 1.29 is 0 Å². The minimum absolute atomic E-state index is 0.228. The molecule has 0 radical (unpaired) electrons. The Bertz CT molecular complexity index is 213. The molecule has 2 nitrogen and oxygen atoms in total. The van der Waals surface area contributed by atoms with Crippen LogP contribution in [0.2, 0.25) is 0 Å². The van der Waals surface area contributed by atoms with Crippen LogP contribution in [0, 0.1) is 11.8 Å². The number of rotatable bonds is 7. The number of likely N-dealkylation sites (N-methyl/N-ethyl adjacent to an activating group) is 1. The van der Waals surface area contributed by atoms with Gasteiger partial charge in [0.2, 0.25) is 0 Å². The number of nitrogens with zero attached hydrogens (tertiary/aromatic N) is 1. The molecule has 1 unspecified atom stereocenters. The summed E-state index contributed by atoms with van der Waals surface area (Å²) >= 11 is 0. The van der Waals surface area contributed by atoms with E-state index < -0.39 is 0 Å². The van der Waals surface area contributed by atoms with Crippen LogP contribution in [0.4, 0.5) is 0 Å². The Morgan fingerprint density at radius 1 is 1.24 bits per heavy atom. The molecule has 1 aliphatic carbocycles. The summed E-state index contributed by atoms with van der Waals surface area (Å²) in [6.07, 6.45) is 2.90. The van der Waals surface area contributed by atoms with Crippen LogP contribution < -0.4 is 5.32 Å². The predicted molar refractivity (Wildman–Crippen MR) is 76.4 cm³/mol. The van der Waals surface area contributed by atoms with E-state index in [1.165, 1.54) is 25.9 Å². The Labute approximate surface area is 108 Å². The van der Waals surface area contributed by atoms with Crippen LogP contribution in [0.3, 0.4) is 0 Å². The minimum atomic E-state index is 0.228. The van der Waals surface area contributed by atoms with Crippen molar-refractivity contribution in [1.82, 2.24) is 10.2 Å². The van der Waals surface area contributed by atoms with Gasteiger partial charge < -0.3 is 5.32 Å². The molecule has 0 aromatic carbocycles. The second-order valence-corrected chi connectivity index (χ2v) is 6.97. The van der Waals surface area contributed by atoms with Gasteiger partial charge in [0.05, 0.1) is 0 Å². The molecule has 0 saturated heterocycles. The largest absolute Gasteiger partial charge is 0.311 e. The van der Waals surface area contributed by atoms with Gasteiger partial charge >= 0.3 is 0 Å². The molecule has 0 aliphatic heterocycles. The van der Waals surface area contributed by atoms with E-state index in [1.54, 1.807) is 0 Å². The zero-order valence-electron chi connectivity index (χ0n) is 12.7. The maximum Gasteiger partial charge on any atom is 0.0243 e. The predicted octanol–water partition coefficient (Wildman–Crippen LogP) is 3.13. The van der Waals surface area contributed by atoms with Crippen molar-refractivity contribution in [2.45, 2.75) is 66.0 Å². The number of hydrogen-bond acceptors (Lipinski definition) is 2. The molecule has 1 saturated carbocycles. The van der Waals surface area contributed by atoms with E-state index in [1.807, 2.05) is 0 Å². The molecule has 102 valence electrons. The lowest BCUT2D eigenvalue weighted by Gasteiger charge is -2.36. The summed E-state index contributed by atoms with van der Waals surface area (Å²) < 4.78 is 0. The zero-order chi connectivity index (χ0) is 13.1. The van der Waals surface area contributed by atoms with Gasteiger partial charge in [-0.25, -0.2) is 0 Å². The van der Waals surface area contributed by atoms with Gasteiger partial charge in [0.15, 0.2) is 0 Å². The summed E-state index contributed by atoms with van der Waals surface area (Å²) in [5.41, 5.74) is 0.228. The third kappa shape index (κ3) is 5.87. The highest BCUT2D eigenvalue weighted by Gasteiger charge is 2.29. The molecule has 0 amide bonds. The van der Waals surface area contributed by atoms with Crippen molar-refractivity contribution in [3.63, 3.8) is 0 Å². The van der Waals surface area contributed by atoms with Crippen LogP contribution in [0.5, 0.6) is 0 Å². The van der Waals surface area contributed by atoms with Crippen LogP contribution in [0.15, 0.2) is 0 Å². The first kappa shape index (κ1) is 15.0. The molecule has 1 rings (SSSR count). The fourth-order valence-corrected chi connectivity index (χ4v) is 2.33. The van der Waals surface area contributed by atoms with Gasteiger partial charge in [0, 0.05) is 24.7 Å². The molecule has 17 heavy (non-hydrogen) atoms. The van der Waals surface area contributed by atoms with Crippen LogP contribution in [0.25, 0.3) is 0 Å². The molecule has 1 aliphatic rings. The molecule has 1 fully saturated rings. The van der Waals surface area contributed by atoms with Crippen molar-refractivity contribution >= 4 is 0 Å². The van der Waals surface area contributed by atoms with Gasteiger partial charge in [0.1, 0.15) is 0 Å². The van der Waals surface area contributed by atoms with Crippen molar-refractivity contribution in [3.05, 3.63) is 0 Å². The SMILES string of the molecule is CCN(CC1CC1)C(CNC(C)(C)C)C(C)C. The average Bonchev–Trinajstić information content (AvgIpc) is 2.97. The highest BCUT2D eigenvalue weighted by molar-refractivity contribution is 4.85. The van der Waals surface area contributed by atoms with Gasteiger partial charge in [-0.2, -0.15) is 0 Å². The summed E-state index contributed by atoms with van der Waals surface area (Å²) in [6, 6.07) is 0.680. The first-order valence-electron chi connectivity index (χ1n) is 7.32. The molecular formula is C15H32N2. The minimum Gasteiger partial charge on any atom is -0.311 e. The third-order valence-corrected chi connectivity index (χ3v) is 3.68. The monoisotopic (exact) mass is 240 g/mol. The van der Waals surface area contributed by atoms with E-state index in [9.17, 15) is 0 Å². The molecule has 0 aromatic heterocycles. The van der Waals surface area contributed by atoms with E-state index in [4.69, 9.17) is 0 Å². The van der Waals surface area contributed by atoms with Gasteiger partial charge in [-0.1, -0.05) is 20.8 Å². The zero-order valence-corrected chi connectivity index (χ0v) is 12.7. The van der Waals surface area contributed by atoms with Crippen molar-refractivity contribution in [2.24, 2.45) is 11.8 Å². The first-order valence-corrected chi connectivity index (χ1v) is 7.32. The lowest BCUT2D eigenvalue weighted by molar-refractivity contribution is 0.144. The summed E-state index contributed by atoms with van der Waals surface area (Å²) in [4.78, 5) is 2.68. The Morgan fingerprint density at radius 3 is 2.18 bits per heavy atom. The quantitative estimate of drug-likeness (QED) is 0.735. The molecular weight excluding hydrogens is 208 g/mol. The Balaban J connectivity index is 2.49. The second-order valence-electron chi connectivity index (χ2n) is 6.97. The van der Waals surface area contributed by atoms with Crippen LogP contribution in [0.1, 0.15) is 54.4 Å². The number of hydrogen-bond donors (Lipinski definition) is 1. The van der Waals surface area contributed by atoms with Gasteiger partial charge in [-0.3, -0.25) is 4.90 Å². The van der Waals surface area contributed by atoms with E-state index >= 15 is 0 Å². The lowest BCUT2D eigenvalue weighted by Crippen LogP contribution is -2.50. The van der Waals surface area contributed by atoms with Crippen molar-refractivity contribution in [3.8, 4) is 0 Å². The molecule has 1 atom stereocenters. The summed E-state index contributed by atoms with van der Waals surface area (Å²) in [5.74, 6) is 1.72. The fourth-order valence-electron chi connectivity index (χ4n) is 2.33. The molecule has 0 aromatic rings. The standard InChI is InChI=1S/C15H32N2/c1-7-17(11-13-8-9-13)14(12(2)3)10-16-15(4,5)6/h12-14,16H,7-11H2,1-6H3. The molecule has 1 N–H and O–H groups in total. The molecule has 0 bridgehead atoms. The van der Waals surface area contributed by atoms with E-state index in [0.717, 1.165) is 18.4 Å². The van der Waals surface area contributed by atoms with Crippen LogP contribution in [-0.2, 0) is 0 Å². The Morgan fingerprint density at radius 2 is 1.82 bits per heavy atom. The van der Waals surface area contributed by atoms with Gasteiger partial charge in [-0.15, -0.1) is 0 Å². The van der Waals surface area contributed by atoms with Crippen LogP contribution >= 0.6 is 0 Å². The molecule has 0 heterocycles. The van der Waals surface area contributed by atoms with E-state index in [0.29, 0.717) is 6.04 Å². The van der Waals surface area contributed by atoms with Gasteiger partial charge in [-0.05, 0) is 52.0 Å². The third-order valence-electron chi connectivity index (χ3n) is 3.68. The summed E-state index contributed by atoms with van der Waals surface area (Å²) in [7, 11) is 0. The maximum absolute atomic E-state index is 3.67. The molecule has 2 heteroatoms.